The van der Waals surface area contributed by atoms with E-state index in [0.29, 0.717) is 5.82 Å². The monoisotopic (exact) mass is 411 g/mol. The van der Waals surface area contributed by atoms with Crippen LogP contribution in [-0.2, 0) is 0 Å². The zero-order valence-electron chi connectivity index (χ0n) is 10.1. The van der Waals surface area contributed by atoms with Crippen LogP contribution < -0.4 is 5.32 Å². The fourth-order valence-corrected chi connectivity index (χ4v) is 3.25. The zero-order chi connectivity index (χ0) is 14.1. The van der Waals surface area contributed by atoms with Crippen LogP contribution in [0.3, 0.4) is 0 Å². The molecule has 0 aliphatic rings. The van der Waals surface area contributed by atoms with Crippen LogP contribution in [0.25, 0.3) is 10.9 Å². The van der Waals surface area contributed by atoms with Gasteiger partial charge in [-0.3, -0.25) is 0 Å². The first-order chi connectivity index (χ1) is 9.65. The van der Waals surface area contributed by atoms with Crippen molar-refractivity contribution < 1.29 is 0 Å². The number of benzene rings is 2. The second-order valence-electron chi connectivity index (χ2n) is 4.08. The van der Waals surface area contributed by atoms with Gasteiger partial charge in [-0.25, -0.2) is 4.98 Å². The lowest BCUT2D eigenvalue weighted by Crippen LogP contribution is -1.98. The van der Waals surface area contributed by atoms with E-state index in [4.69, 9.17) is 11.6 Å². The van der Waals surface area contributed by atoms with E-state index in [0.717, 1.165) is 25.5 Å². The van der Waals surface area contributed by atoms with E-state index in [2.05, 4.69) is 47.1 Å². The van der Waals surface area contributed by atoms with E-state index in [-0.39, 0.29) is 5.28 Å². The molecule has 0 fully saturated rings. The van der Waals surface area contributed by atoms with Crippen molar-refractivity contribution in [3.05, 3.63) is 56.7 Å². The Balaban J connectivity index is 2.16. The minimum absolute atomic E-state index is 0.217. The van der Waals surface area contributed by atoms with E-state index in [9.17, 15) is 0 Å². The van der Waals surface area contributed by atoms with Crippen molar-refractivity contribution in [3.8, 4) is 0 Å². The maximum atomic E-state index is 5.98. The smallest absolute Gasteiger partial charge is 0.224 e. The van der Waals surface area contributed by atoms with Crippen LogP contribution in [0.1, 0.15) is 0 Å². The van der Waals surface area contributed by atoms with E-state index in [1.165, 1.54) is 0 Å². The maximum absolute atomic E-state index is 5.98. The number of fused-ring (bicyclic) bond motifs is 1. The summed E-state index contributed by atoms with van der Waals surface area (Å²) < 4.78 is 1.87. The maximum Gasteiger partial charge on any atom is 0.224 e. The van der Waals surface area contributed by atoms with E-state index < -0.39 is 0 Å². The molecule has 0 atom stereocenters. The van der Waals surface area contributed by atoms with Gasteiger partial charge in [0, 0.05) is 14.3 Å². The first-order valence-electron chi connectivity index (χ1n) is 5.78. The molecule has 1 aromatic heterocycles. The van der Waals surface area contributed by atoms with Crippen LogP contribution in [0.2, 0.25) is 5.28 Å². The van der Waals surface area contributed by atoms with Gasteiger partial charge in [0.2, 0.25) is 5.28 Å². The Kier molecular flexibility index (Phi) is 3.92. The van der Waals surface area contributed by atoms with Crippen molar-refractivity contribution in [1.29, 1.82) is 0 Å². The molecule has 0 bridgehead atoms. The Hall–Kier alpha value is -1.17. The van der Waals surface area contributed by atoms with Crippen LogP contribution in [0.5, 0.6) is 0 Å². The Morgan fingerprint density at radius 3 is 2.35 bits per heavy atom. The van der Waals surface area contributed by atoms with E-state index >= 15 is 0 Å². The molecule has 0 aliphatic carbocycles. The normalized spacial score (nSPS) is 10.8. The fourth-order valence-electron chi connectivity index (χ4n) is 1.88. The second kappa shape index (κ2) is 5.68. The molecule has 2 aromatic carbocycles. The van der Waals surface area contributed by atoms with Gasteiger partial charge in [0.05, 0.1) is 11.2 Å². The number of rotatable bonds is 2. The van der Waals surface area contributed by atoms with Gasteiger partial charge in [-0.15, -0.1) is 0 Å². The number of hydrogen-bond donors (Lipinski definition) is 1. The largest absolute Gasteiger partial charge is 0.338 e. The van der Waals surface area contributed by atoms with Crippen molar-refractivity contribution in [2.45, 2.75) is 0 Å². The summed E-state index contributed by atoms with van der Waals surface area (Å²) in [5.74, 6) is 0.674. The Morgan fingerprint density at radius 1 is 0.900 bits per heavy atom. The molecule has 0 radical (unpaired) electrons. The lowest BCUT2D eigenvalue weighted by molar-refractivity contribution is 1.22. The summed E-state index contributed by atoms with van der Waals surface area (Å²) >= 11 is 13.0. The number of aromatic nitrogens is 2. The Labute approximate surface area is 137 Å². The summed E-state index contributed by atoms with van der Waals surface area (Å²) in [7, 11) is 0. The highest BCUT2D eigenvalue weighted by Gasteiger charge is 2.10. The minimum atomic E-state index is 0.217. The predicted molar refractivity (Wildman–Crippen MR) is 89.7 cm³/mol. The molecular weight excluding hydrogens is 405 g/mol. The molecule has 3 rings (SSSR count). The summed E-state index contributed by atoms with van der Waals surface area (Å²) in [5, 5.41) is 4.43. The van der Waals surface area contributed by atoms with Crippen molar-refractivity contribution in [2.24, 2.45) is 0 Å². The molecule has 20 heavy (non-hydrogen) atoms. The van der Waals surface area contributed by atoms with Gasteiger partial charge < -0.3 is 5.32 Å². The molecule has 0 saturated carbocycles. The first kappa shape index (κ1) is 13.8. The molecule has 0 saturated heterocycles. The first-order valence-corrected chi connectivity index (χ1v) is 7.75. The number of halogens is 3. The van der Waals surface area contributed by atoms with Crippen LogP contribution in [-0.4, -0.2) is 9.97 Å². The highest BCUT2D eigenvalue weighted by molar-refractivity contribution is 9.11. The predicted octanol–water partition coefficient (Wildman–Crippen LogP) is 5.55. The van der Waals surface area contributed by atoms with Crippen LogP contribution in [0.15, 0.2) is 51.4 Å². The topological polar surface area (TPSA) is 37.8 Å². The summed E-state index contributed by atoms with van der Waals surface area (Å²) in [4.78, 5) is 8.49. The number of hydrogen-bond acceptors (Lipinski definition) is 3. The average Bonchev–Trinajstić information content (AvgIpc) is 2.42. The Morgan fingerprint density at radius 2 is 1.60 bits per heavy atom. The van der Waals surface area contributed by atoms with Crippen molar-refractivity contribution in [2.75, 3.05) is 5.32 Å². The molecule has 0 aliphatic heterocycles. The van der Waals surface area contributed by atoms with Gasteiger partial charge in [-0.05, 0) is 67.7 Å². The third-order valence-electron chi connectivity index (χ3n) is 2.78. The lowest BCUT2D eigenvalue weighted by Gasteiger charge is -2.12. The van der Waals surface area contributed by atoms with Crippen LogP contribution in [0.4, 0.5) is 11.5 Å². The molecule has 1 heterocycles. The molecule has 3 aromatic rings. The van der Waals surface area contributed by atoms with Gasteiger partial charge in [-0.1, -0.05) is 18.2 Å². The van der Waals surface area contributed by atoms with E-state index in [1.54, 1.807) is 0 Å². The zero-order valence-corrected chi connectivity index (χ0v) is 14.0. The average molecular weight is 414 g/mol. The fraction of sp³-hybridized carbons (Fsp3) is 0. The van der Waals surface area contributed by atoms with E-state index in [1.807, 2.05) is 42.5 Å². The second-order valence-corrected chi connectivity index (χ2v) is 6.13. The van der Waals surface area contributed by atoms with Gasteiger partial charge in [-0.2, -0.15) is 4.98 Å². The highest BCUT2D eigenvalue weighted by Crippen LogP contribution is 2.34. The summed E-state index contributed by atoms with van der Waals surface area (Å²) in [6, 6.07) is 13.6. The molecule has 3 nitrogen and oxygen atoms in total. The van der Waals surface area contributed by atoms with Gasteiger partial charge in [0.25, 0.3) is 0 Å². The van der Waals surface area contributed by atoms with Crippen molar-refractivity contribution in [1.82, 2.24) is 9.97 Å². The third kappa shape index (κ3) is 2.66. The van der Waals surface area contributed by atoms with Gasteiger partial charge in [0.15, 0.2) is 0 Å². The molecule has 0 amide bonds. The lowest BCUT2D eigenvalue weighted by atomic mass is 10.2. The van der Waals surface area contributed by atoms with Crippen LogP contribution >= 0.6 is 43.5 Å². The minimum Gasteiger partial charge on any atom is -0.338 e. The van der Waals surface area contributed by atoms with Crippen molar-refractivity contribution in [3.63, 3.8) is 0 Å². The highest BCUT2D eigenvalue weighted by atomic mass is 79.9. The molecule has 1 N–H and O–H groups in total. The Bertz CT molecular complexity index is 772. The molecule has 0 spiro atoms. The summed E-state index contributed by atoms with van der Waals surface area (Å²) in [6.45, 7) is 0. The number of nitrogens with one attached hydrogen (secondary N) is 1. The summed E-state index contributed by atoms with van der Waals surface area (Å²) in [5.41, 5.74) is 1.70. The van der Waals surface area contributed by atoms with Crippen molar-refractivity contribution >= 4 is 65.9 Å². The molecule has 0 unspecified atom stereocenters. The summed E-state index contributed by atoms with van der Waals surface area (Å²) in [6.07, 6.45) is 0. The van der Waals surface area contributed by atoms with Gasteiger partial charge >= 0.3 is 0 Å². The van der Waals surface area contributed by atoms with Crippen LogP contribution in [0, 0.1) is 0 Å². The standard InChI is InChI=1S/C14H8Br2ClN3/c15-9-5-3-6-10(16)12(9)19-13-8-4-1-2-7-11(8)18-14(17)20-13/h1-7H,(H,18,19,20). The van der Waals surface area contributed by atoms with Gasteiger partial charge in [0.1, 0.15) is 5.82 Å². The number of para-hydroxylation sites is 2. The number of nitrogens with zero attached hydrogens (tertiary/aromatic N) is 2. The SMILES string of the molecule is Clc1nc(Nc2c(Br)cccc2Br)c2ccccc2n1. The third-order valence-corrected chi connectivity index (χ3v) is 4.27. The number of anilines is 2. The molecule has 6 heteroatoms. The molecular formula is C14H8Br2ClN3. The molecule has 100 valence electrons. The quantitative estimate of drug-likeness (QED) is 0.560.